The van der Waals surface area contributed by atoms with E-state index in [9.17, 15) is 4.79 Å². The van der Waals surface area contributed by atoms with Crippen LogP contribution in [0.25, 0.3) is 0 Å². The molecule has 1 amide bonds. The van der Waals surface area contributed by atoms with Gasteiger partial charge in [-0.05, 0) is 37.1 Å². The fourth-order valence-corrected chi connectivity index (χ4v) is 3.17. The smallest absolute Gasteiger partial charge is 0.240 e. The number of nitrogens with one attached hydrogen (secondary N) is 1. The first-order valence-corrected chi connectivity index (χ1v) is 7.92. The molecule has 1 saturated carbocycles. The summed E-state index contributed by atoms with van der Waals surface area (Å²) in [6, 6.07) is 7.71. The quantitative estimate of drug-likeness (QED) is 0.642. The molecule has 2 rings (SSSR count). The van der Waals surface area contributed by atoms with Crippen LogP contribution in [-0.4, -0.2) is 23.7 Å². The Morgan fingerprint density at radius 1 is 1.30 bits per heavy atom. The van der Waals surface area contributed by atoms with Crippen molar-refractivity contribution in [3.05, 3.63) is 29.3 Å². The highest BCUT2D eigenvalue weighted by atomic mass is 35.5. The Morgan fingerprint density at radius 3 is 2.50 bits per heavy atom. The Hall–Kier alpha value is -0.420. The molecule has 1 aliphatic carbocycles. The minimum atomic E-state index is -0.620. The minimum Gasteiger partial charge on any atom is -0.354 e. The monoisotopic (exact) mass is 334 g/mol. The van der Waals surface area contributed by atoms with Gasteiger partial charge in [-0.25, -0.2) is 0 Å². The van der Waals surface area contributed by atoms with Gasteiger partial charge in [-0.3, -0.25) is 4.79 Å². The van der Waals surface area contributed by atoms with Crippen molar-refractivity contribution in [1.29, 1.82) is 0 Å². The molecule has 0 aliphatic heterocycles. The third kappa shape index (κ3) is 4.85. The highest BCUT2D eigenvalue weighted by molar-refractivity contribution is 7.99. The second-order valence-electron chi connectivity index (χ2n) is 4.92. The van der Waals surface area contributed by atoms with Crippen molar-refractivity contribution >= 4 is 41.7 Å². The molecule has 1 aromatic carbocycles. The van der Waals surface area contributed by atoms with E-state index >= 15 is 0 Å². The summed E-state index contributed by atoms with van der Waals surface area (Å²) < 4.78 is 0. The van der Waals surface area contributed by atoms with E-state index in [0.29, 0.717) is 6.54 Å². The lowest BCUT2D eigenvalue weighted by Gasteiger charge is -2.22. The molecule has 0 radical (unpaired) electrons. The molecule has 0 bridgehead atoms. The molecule has 3 N–H and O–H groups in total. The fraction of sp³-hybridized carbons (Fsp3) is 0.500. The maximum absolute atomic E-state index is 12.0. The number of amides is 1. The van der Waals surface area contributed by atoms with E-state index in [1.165, 1.54) is 0 Å². The Bertz CT molecular complexity index is 433. The average molecular weight is 335 g/mol. The molecule has 6 heteroatoms. The van der Waals surface area contributed by atoms with Crippen molar-refractivity contribution < 1.29 is 4.79 Å². The predicted octanol–water partition coefficient (Wildman–Crippen LogP) is 3.24. The van der Waals surface area contributed by atoms with Gasteiger partial charge in [0.1, 0.15) is 0 Å². The number of hydrogen-bond acceptors (Lipinski definition) is 3. The van der Waals surface area contributed by atoms with Crippen LogP contribution in [0, 0.1) is 0 Å². The van der Waals surface area contributed by atoms with Crippen molar-refractivity contribution in [3.63, 3.8) is 0 Å². The zero-order valence-electron chi connectivity index (χ0n) is 11.2. The maximum atomic E-state index is 12.0. The summed E-state index contributed by atoms with van der Waals surface area (Å²) in [5.41, 5.74) is 5.46. The van der Waals surface area contributed by atoms with Crippen LogP contribution in [0.3, 0.4) is 0 Å². The molecule has 112 valence electrons. The van der Waals surface area contributed by atoms with E-state index in [0.717, 1.165) is 41.4 Å². The van der Waals surface area contributed by atoms with Crippen LogP contribution in [-0.2, 0) is 4.79 Å². The number of rotatable bonds is 5. The second kappa shape index (κ2) is 8.13. The normalized spacial score (nSPS) is 16.5. The van der Waals surface area contributed by atoms with Crippen LogP contribution < -0.4 is 11.1 Å². The van der Waals surface area contributed by atoms with E-state index in [4.69, 9.17) is 17.3 Å². The van der Waals surface area contributed by atoms with Crippen LogP contribution in [0.5, 0.6) is 0 Å². The number of carbonyl (C=O) groups is 1. The Balaban J connectivity index is 0.00000200. The minimum absolute atomic E-state index is 0. The first-order chi connectivity index (χ1) is 9.10. The van der Waals surface area contributed by atoms with Crippen molar-refractivity contribution in [2.24, 2.45) is 5.73 Å². The van der Waals surface area contributed by atoms with E-state index in [2.05, 4.69) is 5.32 Å². The summed E-state index contributed by atoms with van der Waals surface area (Å²) in [5, 5.41) is 3.68. The topological polar surface area (TPSA) is 55.1 Å². The van der Waals surface area contributed by atoms with Crippen LogP contribution in [0.4, 0.5) is 0 Å². The van der Waals surface area contributed by atoms with Gasteiger partial charge in [-0.15, -0.1) is 24.2 Å². The number of benzene rings is 1. The SMILES string of the molecule is Cl.NC1(C(=O)NCCSc2ccc(Cl)cc2)CCCC1. The number of thioether (sulfide) groups is 1. The first kappa shape index (κ1) is 17.6. The average Bonchev–Trinajstić information content (AvgIpc) is 2.85. The standard InChI is InChI=1S/C14H19ClN2OS.ClH/c15-11-3-5-12(6-4-11)19-10-9-17-13(18)14(16)7-1-2-8-14;/h3-6H,1-2,7-10,16H2,(H,17,18);1H. The van der Waals surface area contributed by atoms with Gasteiger partial charge in [0.15, 0.2) is 0 Å². The lowest BCUT2D eigenvalue weighted by molar-refractivity contribution is -0.126. The van der Waals surface area contributed by atoms with Gasteiger partial charge in [0.05, 0.1) is 5.54 Å². The third-order valence-electron chi connectivity index (χ3n) is 3.42. The van der Waals surface area contributed by atoms with Crippen molar-refractivity contribution in [3.8, 4) is 0 Å². The lowest BCUT2D eigenvalue weighted by atomic mass is 9.98. The molecule has 0 atom stereocenters. The summed E-state index contributed by atoms with van der Waals surface area (Å²) in [5.74, 6) is 0.838. The molecule has 0 aromatic heterocycles. The Kier molecular flexibility index (Phi) is 7.17. The molecule has 1 aromatic rings. The summed E-state index contributed by atoms with van der Waals surface area (Å²) in [7, 11) is 0. The van der Waals surface area contributed by atoms with Crippen LogP contribution in [0.2, 0.25) is 5.02 Å². The highest BCUT2D eigenvalue weighted by Crippen LogP contribution is 2.27. The van der Waals surface area contributed by atoms with Gasteiger partial charge in [-0.1, -0.05) is 24.4 Å². The Morgan fingerprint density at radius 2 is 1.90 bits per heavy atom. The largest absolute Gasteiger partial charge is 0.354 e. The highest BCUT2D eigenvalue weighted by Gasteiger charge is 2.36. The molecule has 0 unspecified atom stereocenters. The zero-order chi connectivity index (χ0) is 13.7. The number of hydrogen-bond donors (Lipinski definition) is 2. The van der Waals surface area contributed by atoms with E-state index < -0.39 is 5.54 Å². The van der Waals surface area contributed by atoms with Gasteiger partial charge >= 0.3 is 0 Å². The molecule has 0 spiro atoms. The van der Waals surface area contributed by atoms with Crippen LogP contribution in [0.15, 0.2) is 29.2 Å². The summed E-state index contributed by atoms with van der Waals surface area (Å²) in [6.45, 7) is 0.644. The van der Waals surface area contributed by atoms with Crippen LogP contribution in [0.1, 0.15) is 25.7 Å². The van der Waals surface area contributed by atoms with E-state index in [1.807, 2.05) is 24.3 Å². The number of carbonyl (C=O) groups excluding carboxylic acids is 1. The summed E-state index contributed by atoms with van der Waals surface area (Å²) >= 11 is 7.52. The van der Waals surface area contributed by atoms with Crippen molar-refractivity contribution in [1.82, 2.24) is 5.32 Å². The molecule has 20 heavy (non-hydrogen) atoms. The summed E-state index contributed by atoms with van der Waals surface area (Å²) in [6.07, 6.45) is 3.74. The zero-order valence-corrected chi connectivity index (χ0v) is 13.6. The first-order valence-electron chi connectivity index (χ1n) is 6.56. The third-order valence-corrected chi connectivity index (χ3v) is 4.68. The van der Waals surface area contributed by atoms with Crippen molar-refractivity contribution in [2.75, 3.05) is 12.3 Å². The maximum Gasteiger partial charge on any atom is 0.240 e. The van der Waals surface area contributed by atoms with Gasteiger partial charge in [0.2, 0.25) is 5.91 Å². The van der Waals surface area contributed by atoms with Crippen molar-refractivity contribution in [2.45, 2.75) is 36.1 Å². The van der Waals surface area contributed by atoms with Gasteiger partial charge in [0.25, 0.3) is 0 Å². The van der Waals surface area contributed by atoms with Crippen LogP contribution >= 0.6 is 35.8 Å². The molecular formula is C14H20Cl2N2OS. The van der Waals surface area contributed by atoms with Gasteiger partial charge in [0, 0.05) is 22.2 Å². The molecule has 1 aliphatic rings. The van der Waals surface area contributed by atoms with Gasteiger partial charge < -0.3 is 11.1 Å². The second-order valence-corrected chi connectivity index (χ2v) is 6.53. The molecular weight excluding hydrogens is 315 g/mol. The van der Waals surface area contributed by atoms with E-state index in [1.54, 1.807) is 11.8 Å². The molecule has 0 heterocycles. The molecule has 1 fully saturated rings. The fourth-order valence-electron chi connectivity index (χ4n) is 2.27. The molecule has 0 saturated heterocycles. The van der Waals surface area contributed by atoms with Gasteiger partial charge in [-0.2, -0.15) is 0 Å². The predicted molar refractivity (Wildman–Crippen MR) is 87.8 cm³/mol. The van der Waals surface area contributed by atoms with E-state index in [-0.39, 0.29) is 18.3 Å². The lowest BCUT2D eigenvalue weighted by Crippen LogP contribution is -2.52. The Labute approximate surface area is 135 Å². The number of halogens is 2. The summed E-state index contributed by atoms with van der Waals surface area (Å²) in [4.78, 5) is 13.1. The molecule has 3 nitrogen and oxygen atoms in total. The number of nitrogens with two attached hydrogens (primary N) is 1.